The van der Waals surface area contributed by atoms with Crippen molar-refractivity contribution in [1.82, 2.24) is 5.32 Å². The van der Waals surface area contributed by atoms with Crippen molar-refractivity contribution in [2.45, 2.75) is 32.2 Å². The Morgan fingerprint density at radius 1 is 1.40 bits per heavy atom. The summed E-state index contributed by atoms with van der Waals surface area (Å²) in [6, 6.07) is 11.1. The molecule has 0 saturated carbocycles. The van der Waals surface area contributed by atoms with E-state index in [4.69, 9.17) is 4.74 Å². The van der Waals surface area contributed by atoms with Gasteiger partial charge in [-0.1, -0.05) is 25.1 Å². The molecule has 1 aliphatic rings. The van der Waals surface area contributed by atoms with E-state index in [0.717, 1.165) is 25.3 Å². The molecule has 2 unspecified atom stereocenters. The van der Waals surface area contributed by atoms with E-state index in [1.807, 2.05) is 17.4 Å². The molecule has 0 amide bonds. The third-order valence-electron chi connectivity index (χ3n) is 3.86. The molecule has 1 aromatic heterocycles. The normalized spacial score (nSPS) is 18.6. The van der Waals surface area contributed by atoms with Gasteiger partial charge in [-0.25, -0.2) is 0 Å². The van der Waals surface area contributed by atoms with Crippen molar-refractivity contribution in [1.29, 1.82) is 0 Å². The SMILES string of the molecule is CCCNC(c1csc(C)c1)C1COc2ccccc21. The van der Waals surface area contributed by atoms with E-state index < -0.39 is 0 Å². The second-order valence-corrected chi connectivity index (χ2v) is 6.49. The van der Waals surface area contributed by atoms with Crippen LogP contribution in [0.15, 0.2) is 35.7 Å². The molecule has 0 radical (unpaired) electrons. The van der Waals surface area contributed by atoms with Gasteiger partial charge in [-0.2, -0.15) is 0 Å². The van der Waals surface area contributed by atoms with Gasteiger partial charge in [0.2, 0.25) is 0 Å². The fourth-order valence-corrected chi connectivity index (χ4v) is 3.62. The van der Waals surface area contributed by atoms with Gasteiger partial charge in [0.25, 0.3) is 0 Å². The Bertz CT molecular complexity index is 578. The van der Waals surface area contributed by atoms with Gasteiger partial charge in [-0.15, -0.1) is 11.3 Å². The zero-order valence-corrected chi connectivity index (χ0v) is 12.9. The van der Waals surface area contributed by atoms with Crippen LogP contribution in [0.2, 0.25) is 0 Å². The highest BCUT2D eigenvalue weighted by atomic mass is 32.1. The van der Waals surface area contributed by atoms with Gasteiger partial charge in [0.15, 0.2) is 0 Å². The Morgan fingerprint density at radius 2 is 2.25 bits per heavy atom. The quantitative estimate of drug-likeness (QED) is 0.886. The highest BCUT2D eigenvalue weighted by Gasteiger charge is 2.32. The summed E-state index contributed by atoms with van der Waals surface area (Å²) in [6.07, 6.45) is 1.15. The van der Waals surface area contributed by atoms with Crippen LogP contribution in [0.5, 0.6) is 5.75 Å². The number of hydrogen-bond donors (Lipinski definition) is 1. The van der Waals surface area contributed by atoms with E-state index in [-0.39, 0.29) is 0 Å². The molecule has 1 aliphatic heterocycles. The van der Waals surface area contributed by atoms with Gasteiger partial charge in [0.1, 0.15) is 5.75 Å². The van der Waals surface area contributed by atoms with Gasteiger partial charge in [-0.05, 0) is 43.0 Å². The Morgan fingerprint density at radius 3 is 3.00 bits per heavy atom. The number of benzene rings is 1. The van der Waals surface area contributed by atoms with Gasteiger partial charge in [-0.3, -0.25) is 0 Å². The Hall–Kier alpha value is -1.32. The summed E-state index contributed by atoms with van der Waals surface area (Å²) in [4.78, 5) is 1.37. The minimum absolute atomic E-state index is 0.351. The smallest absolute Gasteiger partial charge is 0.122 e. The highest BCUT2D eigenvalue weighted by molar-refractivity contribution is 7.10. The molecular formula is C17H21NOS. The molecule has 1 N–H and O–H groups in total. The first kappa shape index (κ1) is 13.7. The summed E-state index contributed by atoms with van der Waals surface area (Å²) in [5.41, 5.74) is 2.73. The van der Waals surface area contributed by atoms with Crippen LogP contribution >= 0.6 is 11.3 Å². The lowest BCUT2D eigenvalue weighted by molar-refractivity contribution is 0.299. The van der Waals surface area contributed by atoms with Crippen LogP contribution in [0.4, 0.5) is 0 Å². The van der Waals surface area contributed by atoms with Crippen LogP contribution in [-0.4, -0.2) is 13.2 Å². The maximum absolute atomic E-state index is 5.86. The first-order valence-corrected chi connectivity index (χ1v) is 8.17. The van der Waals surface area contributed by atoms with Crippen molar-refractivity contribution in [3.8, 4) is 5.75 Å². The Labute approximate surface area is 124 Å². The number of thiophene rings is 1. The first-order valence-electron chi connectivity index (χ1n) is 7.29. The van der Waals surface area contributed by atoms with Crippen molar-refractivity contribution in [3.63, 3.8) is 0 Å². The summed E-state index contributed by atoms with van der Waals surface area (Å²) >= 11 is 1.83. The Kier molecular flexibility index (Phi) is 4.08. The molecule has 3 rings (SSSR count). The van der Waals surface area contributed by atoms with Gasteiger partial charge >= 0.3 is 0 Å². The minimum atomic E-state index is 0.351. The summed E-state index contributed by atoms with van der Waals surface area (Å²) in [6.45, 7) is 6.19. The maximum Gasteiger partial charge on any atom is 0.122 e. The van der Waals surface area contributed by atoms with E-state index in [1.54, 1.807) is 0 Å². The first-order chi connectivity index (χ1) is 9.79. The third-order valence-corrected chi connectivity index (χ3v) is 4.74. The van der Waals surface area contributed by atoms with Crippen LogP contribution in [0.3, 0.4) is 0 Å². The predicted octanol–water partition coefficient (Wildman–Crippen LogP) is 4.27. The zero-order chi connectivity index (χ0) is 13.9. The van der Waals surface area contributed by atoms with Crippen molar-refractivity contribution in [3.05, 3.63) is 51.7 Å². The van der Waals surface area contributed by atoms with Crippen molar-refractivity contribution < 1.29 is 4.74 Å². The Balaban J connectivity index is 1.90. The van der Waals surface area contributed by atoms with E-state index >= 15 is 0 Å². The molecule has 20 heavy (non-hydrogen) atoms. The molecule has 1 aromatic carbocycles. The van der Waals surface area contributed by atoms with Crippen molar-refractivity contribution >= 4 is 11.3 Å². The fourth-order valence-electron chi connectivity index (χ4n) is 2.88. The molecule has 0 spiro atoms. The molecular weight excluding hydrogens is 266 g/mol. The number of aryl methyl sites for hydroxylation is 1. The molecule has 3 heteroatoms. The largest absolute Gasteiger partial charge is 0.493 e. The molecule has 2 atom stereocenters. The number of fused-ring (bicyclic) bond motifs is 1. The molecule has 2 aromatic rings. The summed E-state index contributed by atoms with van der Waals surface area (Å²) < 4.78 is 5.86. The molecule has 2 heterocycles. The number of rotatable bonds is 5. The monoisotopic (exact) mass is 287 g/mol. The number of hydrogen-bond acceptors (Lipinski definition) is 3. The van der Waals surface area contributed by atoms with Crippen LogP contribution in [0.25, 0.3) is 0 Å². The van der Waals surface area contributed by atoms with Crippen LogP contribution < -0.4 is 10.1 Å². The van der Waals surface area contributed by atoms with Crippen LogP contribution in [0, 0.1) is 6.92 Å². The third kappa shape index (κ3) is 2.60. The second-order valence-electron chi connectivity index (χ2n) is 5.38. The number of para-hydroxylation sites is 1. The van der Waals surface area contributed by atoms with Crippen molar-refractivity contribution in [2.75, 3.05) is 13.2 Å². The van der Waals surface area contributed by atoms with Gasteiger partial charge in [0, 0.05) is 22.4 Å². The summed E-state index contributed by atoms with van der Waals surface area (Å²) in [7, 11) is 0. The molecule has 106 valence electrons. The number of ether oxygens (including phenoxy) is 1. The molecule has 0 fully saturated rings. The molecule has 2 nitrogen and oxygen atoms in total. The van der Waals surface area contributed by atoms with E-state index in [0.29, 0.717) is 12.0 Å². The second kappa shape index (κ2) is 5.98. The predicted molar refractivity (Wildman–Crippen MR) is 84.8 cm³/mol. The number of nitrogens with one attached hydrogen (secondary N) is 1. The van der Waals surface area contributed by atoms with Gasteiger partial charge < -0.3 is 10.1 Å². The average Bonchev–Trinajstić information content (AvgIpc) is 3.07. The lowest BCUT2D eigenvalue weighted by Gasteiger charge is -2.23. The summed E-state index contributed by atoms with van der Waals surface area (Å²) in [5, 5.41) is 5.99. The van der Waals surface area contributed by atoms with E-state index in [9.17, 15) is 0 Å². The zero-order valence-electron chi connectivity index (χ0n) is 12.1. The van der Waals surface area contributed by atoms with E-state index in [2.05, 4.69) is 48.8 Å². The lowest BCUT2D eigenvalue weighted by Crippen LogP contribution is -2.28. The standard InChI is InChI=1S/C17H21NOS/c1-3-8-18-17(13-9-12(2)20-11-13)15-10-19-16-7-5-4-6-14(15)16/h4-7,9,11,15,17-18H,3,8,10H2,1-2H3. The molecule has 0 aliphatic carbocycles. The minimum Gasteiger partial charge on any atom is -0.493 e. The molecule has 0 bridgehead atoms. The van der Waals surface area contributed by atoms with Crippen molar-refractivity contribution in [2.24, 2.45) is 0 Å². The fraction of sp³-hybridized carbons (Fsp3) is 0.412. The van der Waals surface area contributed by atoms with E-state index in [1.165, 1.54) is 16.0 Å². The van der Waals surface area contributed by atoms with Gasteiger partial charge in [0.05, 0.1) is 6.61 Å². The van der Waals surface area contributed by atoms with Crippen LogP contribution in [0.1, 0.15) is 41.3 Å². The maximum atomic E-state index is 5.86. The lowest BCUT2D eigenvalue weighted by atomic mass is 9.89. The van der Waals surface area contributed by atoms with Crippen LogP contribution in [-0.2, 0) is 0 Å². The highest BCUT2D eigenvalue weighted by Crippen LogP contribution is 2.41. The topological polar surface area (TPSA) is 21.3 Å². The summed E-state index contributed by atoms with van der Waals surface area (Å²) in [5.74, 6) is 1.46. The average molecular weight is 287 g/mol. The molecule has 0 saturated heterocycles.